The molecular weight excluding hydrogens is 558 g/mol. The molecule has 2 aromatic carbocycles. The molecule has 0 radical (unpaired) electrons. The maximum Gasteiger partial charge on any atom is 0.308 e. The van der Waals surface area contributed by atoms with Gasteiger partial charge in [0.2, 0.25) is 0 Å². The molecule has 2 aliphatic rings. The van der Waals surface area contributed by atoms with Crippen LogP contribution in [0.15, 0.2) is 59.0 Å². The topological polar surface area (TPSA) is 137 Å². The average molecular weight is 594 g/mol. The van der Waals surface area contributed by atoms with Crippen LogP contribution in [0.5, 0.6) is 5.75 Å². The van der Waals surface area contributed by atoms with E-state index in [0.29, 0.717) is 67.0 Å². The number of rotatable bonds is 15. The molecule has 1 aliphatic carbocycles. The summed E-state index contributed by atoms with van der Waals surface area (Å²) >= 11 is 5.67. The molecule has 4 N–H and O–H groups in total. The predicted octanol–water partition coefficient (Wildman–Crippen LogP) is 5.75. The van der Waals surface area contributed by atoms with Gasteiger partial charge < -0.3 is 35.1 Å². The highest BCUT2D eigenvalue weighted by Crippen LogP contribution is 2.44. The molecule has 0 saturated carbocycles. The second kappa shape index (κ2) is 15.3. The number of halogens is 1. The summed E-state index contributed by atoms with van der Waals surface area (Å²) in [6.07, 6.45) is 4.27. The lowest BCUT2D eigenvalue weighted by Gasteiger charge is -2.18. The number of unbranched alkanes of at least 4 members (excludes halogenated alkanes) is 3. The van der Waals surface area contributed by atoms with Gasteiger partial charge in [-0.05, 0) is 55.3 Å². The number of alkyl halides is 1. The number of carbonyl (C=O) groups excluding carboxylic acids is 2. The average Bonchev–Trinajstić information content (AvgIpc) is 2.96. The van der Waals surface area contributed by atoms with Gasteiger partial charge in [0.15, 0.2) is 0 Å². The molecule has 0 unspecified atom stereocenters. The van der Waals surface area contributed by atoms with Crippen molar-refractivity contribution in [1.82, 2.24) is 5.32 Å². The van der Waals surface area contributed by atoms with Crippen molar-refractivity contribution in [1.29, 1.82) is 5.41 Å². The molecule has 0 aromatic heterocycles. The van der Waals surface area contributed by atoms with Gasteiger partial charge in [-0.3, -0.25) is 9.59 Å². The summed E-state index contributed by atoms with van der Waals surface area (Å²) in [5.74, 6) is 0.571. The molecule has 0 spiro atoms. The van der Waals surface area contributed by atoms with Crippen LogP contribution in [0.2, 0.25) is 0 Å². The first kappa shape index (κ1) is 31.0. The first-order valence-corrected chi connectivity index (χ1v) is 14.5. The van der Waals surface area contributed by atoms with Gasteiger partial charge in [-0.15, -0.1) is 11.6 Å². The lowest BCUT2D eigenvalue weighted by atomic mass is 9.92. The number of amides is 1. The molecular formula is C32H36ClN3O6. The first-order chi connectivity index (χ1) is 20.4. The van der Waals surface area contributed by atoms with Crippen molar-refractivity contribution in [3.63, 3.8) is 0 Å². The predicted molar refractivity (Wildman–Crippen MR) is 163 cm³/mol. The smallest absolute Gasteiger partial charge is 0.308 e. The number of esters is 1. The van der Waals surface area contributed by atoms with E-state index in [9.17, 15) is 9.59 Å². The van der Waals surface area contributed by atoms with Crippen LogP contribution in [0.3, 0.4) is 0 Å². The number of ether oxygens (including phenoxy) is 3. The highest BCUT2D eigenvalue weighted by molar-refractivity contribution is 6.17. The van der Waals surface area contributed by atoms with E-state index in [-0.39, 0.29) is 17.0 Å². The van der Waals surface area contributed by atoms with Crippen molar-refractivity contribution in [2.24, 2.45) is 0 Å². The Hall–Kier alpha value is -3.92. The van der Waals surface area contributed by atoms with Crippen LogP contribution in [-0.2, 0) is 14.3 Å². The monoisotopic (exact) mass is 593 g/mol. The van der Waals surface area contributed by atoms with Crippen molar-refractivity contribution in [3.05, 3.63) is 65.5 Å². The number of benzene rings is 3. The third-order valence-corrected chi connectivity index (χ3v) is 6.86. The summed E-state index contributed by atoms with van der Waals surface area (Å²) < 4.78 is 22.8. The fourth-order valence-corrected chi connectivity index (χ4v) is 4.81. The van der Waals surface area contributed by atoms with Crippen LogP contribution >= 0.6 is 11.6 Å². The minimum atomic E-state index is -0.522. The highest BCUT2D eigenvalue weighted by atomic mass is 35.5. The first-order valence-electron chi connectivity index (χ1n) is 14.0. The number of anilines is 1. The number of hydrogen-bond donors (Lipinski definition) is 3. The number of nitrogens with two attached hydrogens (primary N) is 1. The minimum absolute atomic E-state index is 0.229. The van der Waals surface area contributed by atoms with E-state index in [1.54, 1.807) is 48.5 Å². The van der Waals surface area contributed by atoms with Crippen molar-refractivity contribution in [2.75, 3.05) is 44.6 Å². The van der Waals surface area contributed by atoms with Crippen molar-refractivity contribution >= 4 is 40.1 Å². The summed E-state index contributed by atoms with van der Waals surface area (Å²) in [7, 11) is 0. The molecule has 0 bridgehead atoms. The molecule has 10 heteroatoms. The summed E-state index contributed by atoms with van der Waals surface area (Å²) in [5.41, 5.74) is 9.44. The minimum Gasteiger partial charge on any atom is -0.456 e. The molecule has 1 aliphatic heterocycles. The molecule has 0 atom stereocenters. The van der Waals surface area contributed by atoms with E-state index in [1.165, 1.54) is 6.92 Å². The molecule has 0 saturated heterocycles. The van der Waals surface area contributed by atoms with Gasteiger partial charge in [0.05, 0.1) is 25.2 Å². The Morgan fingerprint density at radius 2 is 1.67 bits per heavy atom. The van der Waals surface area contributed by atoms with Gasteiger partial charge >= 0.3 is 5.97 Å². The Morgan fingerprint density at radius 1 is 0.905 bits per heavy atom. The third kappa shape index (κ3) is 8.31. The zero-order chi connectivity index (χ0) is 29.9. The number of fused-ring (bicyclic) bond motifs is 2. The molecule has 1 heterocycles. The van der Waals surface area contributed by atoms with Crippen molar-refractivity contribution < 1.29 is 28.2 Å². The molecule has 42 heavy (non-hydrogen) atoms. The number of nitrogen functional groups attached to an aromatic ring is 1. The van der Waals surface area contributed by atoms with E-state index >= 15 is 0 Å². The zero-order valence-corrected chi connectivity index (χ0v) is 24.4. The van der Waals surface area contributed by atoms with Gasteiger partial charge in [0.25, 0.3) is 5.91 Å². The van der Waals surface area contributed by atoms with E-state index < -0.39 is 5.97 Å². The van der Waals surface area contributed by atoms with Gasteiger partial charge in [0, 0.05) is 71.4 Å². The zero-order valence-electron chi connectivity index (χ0n) is 23.7. The fraction of sp³-hybridized carbons (Fsp3) is 0.344. The van der Waals surface area contributed by atoms with E-state index in [4.69, 9.17) is 41.4 Å². The molecule has 1 amide bonds. The van der Waals surface area contributed by atoms with E-state index in [2.05, 4.69) is 5.32 Å². The highest BCUT2D eigenvalue weighted by Gasteiger charge is 2.22. The lowest BCUT2D eigenvalue weighted by molar-refractivity contribution is -0.131. The van der Waals surface area contributed by atoms with Crippen LogP contribution in [0.1, 0.15) is 43.0 Å². The number of nitrogens with one attached hydrogen (secondary N) is 2. The van der Waals surface area contributed by atoms with Crippen LogP contribution in [0, 0.1) is 5.41 Å². The summed E-state index contributed by atoms with van der Waals surface area (Å²) in [5, 5.41) is 11.9. The van der Waals surface area contributed by atoms with Crippen LogP contribution in [0.4, 0.5) is 5.69 Å². The quantitative estimate of drug-likeness (QED) is 0.0398. The van der Waals surface area contributed by atoms with Gasteiger partial charge in [-0.25, -0.2) is 0 Å². The second-order valence-electron chi connectivity index (χ2n) is 9.83. The Morgan fingerprint density at radius 3 is 2.45 bits per heavy atom. The SMILES string of the molecule is CC(=O)Oc1cc(C(=O)NCCOCCOCCCCCCCl)ccc1-c1c2ccc(=N)cc-2oc2cc(N)ccc12. The lowest BCUT2D eigenvalue weighted by Crippen LogP contribution is -2.27. The molecule has 2 aromatic rings. The van der Waals surface area contributed by atoms with E-state index in [1.807, 2.05) is 6.07 Å². The Kier molecular flexibility index (Phi) is 11.3. The summed E-state index contributed by atoms with van der Waals surface area (Å²) in [4.78, 5) is 25.0. The Balaban J connectivity index is 1.45. The van der Waals surface area contributed by atoms with Gasteiger partial charge in [-0.2, -0.15) is 0 Å². The van der Waals surface area contributed by atoms with Crippen LogP contribution in [0.25, 0.3) is 33.4 Å². The van der Waals surface area contributed by atoms with E-state index in [0.717, 1.165) is 42.2 Å². The normalized spacial score (nSPS) is 11.2. The fourth-order valence-electron chi connectivity index (χ4n) is 4.62. The van der Waals surface area contributed by atoms with Gasteiger partial charge in [0.1, 0.15) is 17.1 Å². The largest absolute Gasteiger partial charge is 0.456 e. The standard InChI is InChI=1S/C32H36ClN3O6/c1-21(37)41-28-18-22(32(38)36-13-15-40-17-16-39-14-5-3-2-4-12-33)6-9-25(28)31-26-10-7-23(34)19-29(26)42-30-20-24(35)8-11-27(30)31/h6-11,18-20,34H,2-5,12-17,35H2,1H3,(H,36,38). The number of hydrogen-bond acceptors (Lipinski definition) is 8. The maximum atomic E-state index is 12.9. The Bertz CT molecular complexity index is 1550. The number of carbonyl (C=O) groups is 2. The summed E-state index contributed by atoms with van der Waals surface area (Å²) in [6, 6.07) is 15.4. The van der Waals surface area contributed by atoms with Crippen LogP contribution < -0.4 is 21.1 Å². The van der Waals surface area contributed by atoms with Gasteiger partial charge in [-0.1, -0.05) is 12.8 Å². The maximum absolute atomic E-state index is 12.9. The molecule has 9 nitrogen and oxygen atoms in total. The van der Waals surface area contributed by atoms with Crippen molar-refractivity contribution in [2.45, 2.75) is 32.6 Å². The van der Waals surface area contributed by atoms with Crippen LogP contribution in [-0.4, -0.2) is 50.7 Å². The van der Waals surface area contributed by atoms with Crippen molar-refractivity contribution in [3.8, 4) is 28.2 Å². The summed E-state index contributed by atoms with van der Waals surface area (Å²) in [6.45, 7) is 3.61. The molecule has 4 rings (SSSR count). The Labute approximate surface area is 249 Å². The molecule has 222 valence electrons. The second-order valence-corrected chi connectivity index (χ2v) is 10.2. The molecule has 0 fully saturated rings. The third-order valence-electron chi connectivity index (χ3n) is 6.59.